The second kappa shape index (κ2) is 7.63. The topological polar surface area (TPSA) is 29.5 Å². The van der Waals surface area contributed by atoms with Crippen LogP contribution in [-0.2, 0) is 4.74 Å². The Kier molecular flexibility index (Phi) is 5.31. The fraction of sp³-hybridized carbons (Fsp3) is 0.381. The van der Waals surface area contributed by atoms with Crippen LogP contribution < -0.4 is 0 Å². The molecule has 1 fully saturated rings. The van der Waals surface area contributed by atoms with Gasteiger partial charge in [0.25, 0.3) is 5.91 Å². The number of nitrogens with zero attached hydrogens (tertiary/aromatic N) is 1. The zero-order chi connectivity index (χ0) is 16.9. The molecule has 2 aromatic rings. The number of likely N-dealkylation sites (tertiary alicyclic amines) is 1. The molecule has 0 N–H and O–H groups in total. The van der Waals surface area contributed by atoms with E-state index in [1.165, 1.54) is 5.56 Å². The molecule has 0 aromatic heterocycles. The third-order valence-corrected chi connectivity index (χ3v) is 5.01. The van der Waals surface area contributed by atoms with Crippen molar-refractivity contribution in [2.75, 3.05) is 20.2 Å². The van der Waals surface area contributed by atoms with E-state index in [1.54, 1.807) is 7.11 Å². The number of methoxy groups -OCH3 is 1. The van der Waals surface area contributed by atoms with Crippen LogP contribution >= 0.6 is 0 Å². The van der Waals surface area contributed by atoms with Gasteiger partial charge in [0.1, 0.15) is 0 Å². The first-order valence-corrected chi connectivity index (χ1v) is 8.63. The number of hydrogen-bond donors (Lipinski definition) is 0. The van der Waals surface area contributed by atoms with Crippen molar-refractivity contribution in [2.24, 2.45) is 5.92 Å². The standard InChI is InChI=1S/C21H25NO2/c1-16-8-6-7-11-19(16)21(23)22-14-12-18(13-15-22)20(24-2)17-9-4-3-5-10-17/h3-11,18,20H,12-15H2,1-2H3. The Morgan fingerprint density at radius 3 is 2.29 bits per heavy atom. The number of hydrogen-bond acceptors (Lipinski definition) is 2. The number of benzene rings is 2. The number of ether oxygens (including phenoxy) is 1. The van der Waals surface area contributed by atoms with E-state index >= 15 is 0 Å². The molecule has 1 aliphatic heterocycles. The number of carbonyl (C=O) groups excluding carboxylic acids is 1. The van der Waals surface area contributed by atoms with Crippen LogP contribution in [-0.4, -0.2) is 31.0 Å². The molecule has 0 spiro atoms. The lowest BCUT2D eigenvalue weighted by molar-refractivity contribution is 0.0194. The van der Waals surface area contributed by atoms with E-state index in [0.717, 1.165) is 37.1 Å². The second-order valence-electron chi connectivity index (χ2n) is 6.51. The highest BCUT2D eigenvalue weighted by Gasteiger charge is 2.30. The number of carbonyl (C=O) groups is 1. The summed E-state index contributed by atoms with van der Waals surface area (Å²) in [5, 5.41) is 0. The Balaban J connectivity index is 1.65. The molecule has 1 amide bonds. The summed E-state index contributed by atoms with van der Waals surface area (Å²) >= 11 is 0. The zero-order valence-electron chi connectivity index (χ0n) is 14.4. The van der Waals surface area contributed by atoms with Crippen molar-refractivity contribution in [3.8, 4) is 0 Å². The quantitative estimate of drug-likeness (QED) is 0.842. The van der Waals surface area contributed by atoms with Crippen LogP contribution in [0.25, 0.3) is 0 Å². The second-order valence-corrected chi connectivity index (χ2v) is 6.51. The van der Waals surface area contributed by atoms with Gasteiger partial charge in [-0.25, -0.2) is 0 Å². The van der Waals surface area contributed by atoms with Crippen molar-refractivity contribution < 1.29 is 9.53 Å². The summed E-state index contributed by atoms with van der Waals surface area (Å²) < 4.78 is 5.77. The number of aryl methyl sites for hydroxylation is 1. The summed E-state index contributed by atoms with van der Waals surface area (Å²) in [6, 6.07) is 18.2. The molecular formula is C21H25NO2. The van der Waals surface area contributed by atoms with Crippen LogP contribution in [0.5, 0.6) is 0 Å². The molecular weight excluding hydrogens is 298 g/mol. The molecule has 24 heavy (non-hydrogen) atoms. The van der Waals surface area contributed by atoms with Gasteiger partial charge in [-0.1, -0.05) is 48.5 Å². The van der Waals surface area contributed by atoms with Gasteiger partial charge in [0, 0.05) is 25.8 Å². The maximum atomic E-state index is 12.7. The smallest absolute Gasteiger partial charge is 0.254 e. The Labute approximate surface area is 144 Å². The molecule has 1 atom stereocenters. The van der Waals surface area contributed by atoms with Gasteiger partial charge in [-0.2, -0.15) is 0 Å². The number of rotatable bonds is 4. The molecule has 0 aliphatic carbocycles. The Morgan fingerprint density at radius 1 is 1.04 bits per heavy atom. The number of amides is 1. The molecule has 0 radical (unpaired) electrons. The van der Waals surface area contributed by atoms with E-state index in [-0.39, 0.29) is 12.0 Å². The molecule has 1 heterocycles. The molecule has 3 heteroatoms. The normalized spacial score (nSPS) is 16.8. The Hall–Kier alpha value is -2.13. The van der Waals surface area contributed by atoms with Crippen molar-refractivity contribution >= 4 is 5.91 Å². The maximum Gasteiger partial charge on any atom is 0.254 e. The van der Waals surface area contributed by atoms with Gasteiger partial charge < -0.3 is 9.64 Å². The summed E-state index contributed by atoms with van der Waals surface area (Å²) in [5.74, 6) is 0.610. The summed E-state index contributed by atoms with van der Waals surface area (Å²) in [7, 11) is 1.78. The fourth-order valence-electron chi connectivity index (χ4n) is 3.63. The fourth-order valence-corrected chi connectivity index (χ4v) is 3.63. The van der Waals surface area contributed by atoms with Crippen LogP contribution in [0.4, 0.5) is 0 Å². The molecule has 3 rings (SSSR count). The van der Waals surface area contributed by atoms with Crippen LogP contribution in [0, 0.1) is 12.8 Å². The summed E-state index contributed by atoms with van der Waals surface area (Å²) in [6.07, 6.45) is 2.07. The van der Waals surface area contributed by atoms with Crippen LogP contribution in [0.2, 0.25) is 0 Å². The first-order valence-electron chi connectivity index (χ1n) is 8.63. The molecule has 1 unspecified atom stereocenters. The van der Waals surface area contributed by atoms with E-state index < -0.39 is 0 Å². The average Bonchev–Trinajstić information content (AvgIpc) is 2.64. The SMILES string of the molecule is COC(c1ccccc1)C1CCN(C(=O)c2ccccc2C)CC1. The largest absolute Gasteiger partial charge is 0.376 e. The van der Waals surface area contributed by atoms with Gasteiger partial charge in [-0.3, -0.25) is 4.79 Å². The molecule has 2 aromatic carbocycles. The predicted octanol–water partition coefficient (Wildman–Crippen LogP) is 4.23. The van der Waals surface area contributed by atoms with Crippen molar-refractivity contribution in [3.05, 3.63) is 71.3 Å². The summed E-state index contributed by atoms with van der Waals surface area (Å²) in [6.45, 7) is 3.59. The maximum absolute atomic E-state index is 12.7. The van der Waals surface area contributed by atoms with Crippen molar-refractivity contribution in [1.29, 1.82) is 0 Å². The predicted molar refractivity (Wildman–Crippen MR) is 96.0 cm³/mol. The molecule has 0 bridgehead atoms. The lowest BCUT2D eigenvalue weighted by atomic mass is 9.87. The van der Waals surface area contributed by atoms with E-state index in [2.05, 4.69) is 24.3 Å². The van der Waals surface area contributed by atoms with Crippen molar-refractivity contribution in [3.63, 3.8) is 0 Å². The Morgan fingerprint density at radius 2 is 1.67 bits per heavy atom. The van der Waals surface area contributed by atoms with E-state index in [9.17, 15) is 4.79 Å². The zero-order valence-corrected chi connectivity index (χ0v) is 14.4. The van der Waals surface area contributed by atoms with Crippen molar-refractivity contribution in [1.82, 2.24) is 4.90 Å². The third-order valence-electron chi connectivity index (χ3n) is 5.01. The van der Waals surface area contributed by atoms with Crippen LogP contribution in [0.3, 0.4) is 0 Å². The van der Waals surface area contributed by atoms with Gasteiger partial charge in [-0.15, -0.1) is 0 Å². The van der Waals surface area contributed by atoms with Crippen LogP contribution in [0.15, 0.2) is 54.6 Å². The molecule has 1 aliphatic rings. The van der Waals surface area contributed by atoms with Gasteiger partial charge in [0.05, 0.1) is 6.10 Å². The first kappa shape index (κ1) is 16.7. The van der Waals surface area contributed by atoms with Crippen molar-refractivity contribution in [2.45, 2.75) is 25.9 Å². The first-order chi connectivity index (χ1) is 11.7. The highest BCUT2D eigenvalue weighted by molar-refractivity contribution is 5.95. The minimum absolute atomic E-state index is 0.113. The minimum Gasteiger partial charge on any atom is -0.376 e. The van der Waals surface area contributed by atoms with Gasteiger partial charge >= 0.3 is 0 Å². The number of piperidine rings is 1. The highest BCUT2D eigenvalue weighted by atomic mass is 16.5. The van der Waals surface area contributed by atoms with Gasteiger partial charge in [0.2, 0.25) is 0 Å². The van der Waals surface area contributed by atoms with Crippen LogP contribution in [0.1, 0.15) is 40.4 Å². The third kappa shape index (κ3) is 3.51. The van der Waals surface area contributed by atoms with Gasteiger partial charge in [-0.05, 0) is 42.9 Å². The van der Waals surface area contributed by atoms with E-state index in [0.29, 0.717) is 5.92 Å². The Bertz CT molecular complexity index is 675. The molecule has 126 valence electrons. The monoisotopic (exact) mass is 323 g/mol. The van der Waals surface area contributed by atoms with E-state index in [4.69, 9.17) is 4.74 Å². The summed E-state index contributed by atoms with van der Waals surface area (Å²) in [4.78, 5) is 14.7. The van der Waals surface area contributed by atoms with Gasteiger partial charge in [0.15, 0.2) is 0 Å². The lowest BCUT2D eigenvalue weighted by Gasteiger charge is -2.36. The highest BCUT2D eigenvalue weighted by Crippen LogP contribution is 2.33. The molecule has 3 nitrogen and oxygen atoms in total. The minimum atomic E-state index is 0.113. The van der Waals surface area contributed by atoms with E-state index in [1.807, 2.05) is 42.2 Å². The lowest BCUT2D eigenvalue weighted by Crippen LogP contribution is -2.40. The molecule has 1 saturated heterocycles. The molecule has 0 saturated carbocycles. The summed E-state index contributed by atoms with van der Waals surface area (Å²) in [5.41, 5.74) is 3.09. The average molecular weight is 323 g/mol.